The zero-order chi connectivity index (χ0) is 29.6. The lowest BCUT2D eigenvalue weighted by molar-refractivity contribution is 0.589. The summed E-state index contributed by atoms with van der Waals surface area (Å²) >= 11 is 1.94. The average molecular weight is 583 g/mol. The Morgan fingerprint density at radius 2 is 1.23 bits per heavy atom. The van der Waals surface area contributed by atoms with Crippen molar-refractivity contribution in [2.45, 2.75) is 36.0 Å². The monoisotopic (exact) mass is 582 g/mol. The van der Waals surface area contributed by atoms with Gasteiger partial charge in [-0.2, -0.15) is 0 Å². The number of nitrogens with zero attached hydrogens (tertiary/aromatic N) is 2. The smallest absolute Gasteiger partial charge is 0.249 e. The first-order valence-corrected chi connectivity index (χ1v) is 16.2. The Balaban J connectivity index is 1.38. The molecule has 0 atom stereocenters. The van der Waals surface area contributed by atoms with Crippen LogP contribution in [0.4, 0.5) is 17.1 Å². The van der Waals surface area contributed by atoms with E-state index < -0.39 is 0 Å². The summed E-state index contributed by atoms with van der Waals surface area (Å²) in [4.78, 5) is 5.21. The first-order valence-electron chi connectivity index (χ1n) is 15.4. The SMILES string of the molecule is CC(C)(C)c1cc2c3c(c1)N(c1ccccc1)c1ccccc1B3c1cc3c(cc1S2)c1ccccc1n3-c1ccccc1. The fourth-order valence-corrected chi connectivity index (χ4v) is 8.53. The van der Waals surface area contributed by atoms with Crippen molar-refractivity contribution in [2.75, 3.05) is 4.90 Å². The van der Waals surface area contributed by atoms with Crippen LogP contribution in [-0.2, 0) is 5.41 Å². The number of hydrogen-bond acceptors (Lipinski definition) is 2. The Kier molecular flexibility index (Phi) is 5.52. The van der Waals surface area contributed by atoms with Crippen molar-refractivity contribution in [2.24, 2.45) is 0 Å². The van der Waals surface area contributed by atoms with Crippen molar-refractivity contribution in [3.05, 3.63) is 139 Å². The third-order valence-electron chi connectivity index (χ3n) is 9.37. The molecule has 0 aliphatic carbocycles. The van der Waals surface area contributed by atoms with Crippen LogP contribution in [0.5, 0.6) is 0 Å². The van der Waals surface area contributed by atoms with Crippen molar-refractivity contribution in [1.82, 2.24) is 4.57 Å². The van der Waals surface area contributed by atoms with Crippen molar-refractivity contribution >= 4 is 73.7 Å². The molecule has 44 heavy (non-hydrogen) atoms. The van der Waals surface area contributed by atoms with Gasteiger partial charge in [-0.1, -0.05) is 111 Å². The van der Waals surface area contributed by atoms with Crippen LogP contribution >= 0.6 is 11.8 Å². The van der Waals surface area contributed by atoms with Gasteiger partial charge in [-0.25, -0.2) is 0 Å². The number of aromatic nitrogens is 1. The maximum absolute atomic E-state index is 2.49. The molecule has 0 fully saturated rings. The highest BCUT2D eigenvalue weighted by atomic mass is 32.2. The molecule has 0 unspecified atom stereocenters. The number of hydrogen-bond donors (Lipinski definition) is 0. The van der Waals surface area contributed by atoms with Crippen LogP contribution in [0.3, 0.4) is 0 Å². The number of benzene rings is 6. The second-order valence-electron chi connectivity index (χ2n) is 13.0. The lowest BCUT2D eigenvalue weighted by Gasteiger charge is -2.41. The minimum atomic E-state index is 0.0221. The van der Waals surface area contributed by atoms with E-state index in [-0.39, 0.29) is 12.1 Å². The molecule has 2 aliphatic heterocycles. The largest absolute Gasteiger partial charge is 0.311 e. The normalized spacial score (nSPS) is 13.6. The number of rotatable bonds is 2. The van der Waals surface area contributed by atoms with Gasteiger partial charge in [-0.05, 0) is 82.6 Å². The molecule has 1 aromatic heterocycles. The molecule has 0 radical (unpaired) electrons. The van der Waals surface area contributed by atoms with Crippen molar-refractivity contribution < 1.29 is 0 Å². The number of anilines is 3. The van der Waals surface area contributed by atoms with Crippen LogP contribution in [0.25, 0.3) is 27.5 Å². The Hall–Kier alpha value is -4.67. The quantitative estimate of drug-likeness (QED) is 0.188. The Labute approximate surface area is 263 Å². The standard InChI is InChI=1S/C40H31BN2S/c1-40(2,3)26-22-36-39-38(23-26)44-37-24-30-29-18-10-12-20-33(29)42(27-14-6-4-7-15-27)35(30)25-32(37)41(39)31-19-11-13-21-34(31)43(36)28-16-8-5-9-17-28/h4-25H,1-3H3. The molecule has 4 heteroatoms. The summed E-state index contributed by atoms with van der Waals surface area (Å²) in [7, 11) is 0. The molecule has 0 saturated heterocycles. The molecule has 0 spiro atoms. The van der Waals surface area contributed by atoms with Crippen molar-refractivity contribution in [3.63, 3.8) is 0 Å². The topological polar surface area (TPSA) is 8.17 Å². The van der Waals surface area contributed by atoms with E-state index >= 15 is 0 Å². The highest BCUT2D eigenvalue weighted by Gasteiger charge is 2.42. The van der Waals surface area contributed by atoms with Crippen molar-refractivity contribution in [3.8, 4) is 5.69 Å². The van der Waals surface area contributed by atoms with Gasteiger partial charge in [0.05, 0.1) is 11.0 Å². The van der Waals surface area contributed by atoms with Crippen LogP contribution < -0.4 is 21.3 Å². The minimum Gasteiger partial charge on any atom is -0.311 e. The van der Waals surface area contributed by atoms with E-state index in [1.54, 1.807) is 0 Å². The summed E-state index contributed by atoms with van der Waals surface area (Å²) in [5.74, 6) is 0. The molecular formula is C40H31BN2S. The van der Waals surface area contributed by atoms with Gasteiger partial charge in [0.2, 0.25) is 6.71 Å². The van der Waals surface area contributed by atoms with Gasteiger partial charge >= 0.3 is 0 Å². The van der Waals surface area contributed by atoms with E-state index in [9.17, 15) is 0 Å². The van der Waals surface area contributed by atoms with E-state index in [1.165, 1.54) is 76.3 Å². The van der Waals surface area contributed by atoms with Gasteiger partial charge in [0.15, 0.2) is 0 Å². The van der Waals surface area contributed by atoms with Gasteiger partial charge in [-0.15, -0.1) is 0 Å². The molecule has 0 saturated carbocycles. The second-order valence-corrected chi connectivity index (χ2v) is 14.1. The predicted molar refractivity (Wildman–Crippen MR) is 189 cm³/mol. The minimum absolute atomic E-state index is 0.0221. The molecule has 9 rings (SSSR count). The molecule has 210 valence electrons. The van der Waals surface area contributed by atoms with E-state index in [1.807, 2.05) is 11.8 Å². The fourth-order valence-electron chi connectivity index (χ4n) is 7.30. The van der Waals surface area contributed by atoms with Crippen LogP contribution in [0, 0.1) is 0 Å². The van der Waals surface area contributed by atoms with Crippen molar-refractivity contribution in [1.29, 1.82) is 0 Å². The fraction of sp³-hybridized carbons (Fsp3) is 0.100. The Morgan fingerprint density at radius 1 is 0.545 bits per heavy atom. The van der Waals surface area contributed by atoms with Crippen LogP contribution in [0.15, 0.2) is 143 Å². The van der Waals surface area contributed by atoms with Gasteiger partial charge in [-0.3, -0.25) is 0 Å². The number of para-hydroxylation sites is 4. The van der Waals surface area contributed by atoms with Crippen LogP contribution in [-0.4, -0.2) is 11.3 Å². The predicted octanol–water partition coefficient (Wildman–Crippen LogP) is 8.85. The summed E-state index contributed by atoms with van der Waals surface area (Å²) in [6.45, 7) is 7.12. The Bertz CT molecular complexity index is 2250. The third-order valence-corrected chi connectivity index (χ3v) is 10.5. The van der Waals surface area contributed by atoms with Gasteiger partial charge in [0, 0.05) is 43.3 Å². The maximum Gasteiger partial charge on any atom is 0.249 e. The van der Waals surface area contributed by atoms with Crippen LogP contribution in [0.1, 0.15) is 26.3 Å². The highest BCUT2D eigenvalue weighted by molar-refractivity contribution is 8.00. The lowest BCUT2D eigenvalue weighted by Crippen LogP contribution is -2.60. The van der Waals surface area contributed by atoms with Gasteiger partial charge in [0.1, 0.15) is 0 Å². The number of fused-ring (bicyclic) bond motifs is 7. The van der Waals surface area contributed by atoms with Gasteiger partial charge < -0.3 is 9.47 Å². The third kappa shape index (κ3) is 3.71. The summed E-state index contributed by atoms with van der Waals surface area (Å²) < 4.78 is 2.44. The summed E-state index contributed by atoms with van der Waals surface area (Å²) in [5, 5.41) is 2.60. The van der Waals surface area contributed by atoms with E-state index in [2.05, 4.69) is 164 Å². The molecular weight excluding hydrogens is 551 g/mol. The second kappa shape index (κ2) is 9.42. The van der Waals surface area contributed by atoms with Gasteiger partial charge in [0.25, 0.3) is 0 Å². The van der Waals surface area contributed by atoms with E-state index in [0.717, 1.165) is 0 Å². The van der Waals surface area contributed by atoms with E-state index in [0.29, 0.717) is 0 Å². The average Bonchev–Trinajstić information content (AvgIpc) is 3.37. The molecule has 2 aliphatic rings. The van der Waals surface area contributed by atoms with Crippen LogP contribution in [0.2, 0.25) is 0 Å². The molecule has 7 aromatic rings. The molecule has 0 amide bonds. The summed E-state index contributed by atoms with van der Waals surface area (Å²) in [6.07, 6.45) is 0. The molecule has 0 bridgehead atoms. The zero-order valence-corrected chi connectivity index (χ0v) is 25.9. The molecule has 3 heterocycles. The summed E-state index contributed by atoms with van der Waals surface area (Å²) in [5.41, 5.74) is 13.0. The maximum atomic E-state index is 2.49. The molecule has 0 N–H and O–H groups in total. The van der Waals surface area contributed by atoms with E-state index in [4.69, 9.17) is 0 Å². The molecule has 2 nitrogen and oxygen atoms in total. The molecule has 6 aromatic carbocycles. The first-order chi connectivity index (χ1) is 21.5. The lowest BCUT2D eigenvalue weighted by atomic mass is 9.34. The Morgan fingerprint density at radius 3 is 2.00 bits per heavy atom. The zero-order valence-electron chi connectivity index (χ0n) is 25.1. The summed E-state index contributed by atoms with van der Waals surface area (Å²) in [6, 6.07) is 49.4. The highest BCUT2D eigenvalue weighted by Crippen LogP contribution is 2.45. The first kappa shape index (κ1) is 25.8.